The summed E-state index contributed by atoms with van der Waals surface area (Å²) in [5.41, 5.74) is 2.12. The van der Waals surface area contributed by atoms with Crippen LogP contribution in [0.1, 0.15) is 12.6 Å². The lowest BCUT2D eigenvalue weighted by molar-refractivity contribution is 0.164. The molecule has 4 heteroatoms. The van der Waals surface area contributed by atoms with Crippen molar-refractivity contribution in [3.63, 3.8) is 0 Å². The zero-order chi connectivity index (χ0) is 13.7. The van der Waals surface area contributed by atoms with Crippen molar-refractivity contribution < 1.29 is 4.74 Å². The van der Waals surface area contributed by atoms with Gasteiger partial charge in [0.15, 0.2) is 0 Å². The standard InChI is InChI=1S/C15H21N3O/c1-12(11-19-3)9-16-15-17-13(2)10-18(15)14-7-5-4-6-8-14/h4-8,10,12H,9,11H2,1-3H3,(H,16,17). The highest BCUT2D eigenvalue weighted by atomic mass is 16.5. The summed E-state index contributed by atoms with van der Waals surface area (Å²) in [5, 5.41) is 3.39. The number of aryl methyl sites for hydroxylation is 1. The molecule has 0 radical (unpaired) electrons. The second kappa shape index (κ2) is 6.38. The van der Waals surface area contributed by atoms with Gasteiger partial charge < -0.3 is 10.1 Å². The predicted octanol–water partition coefficient (Wildman–Crippen LogP) is 2.88. The van der Waals surface area contributed by atoms with Crippen LogP contribution < -0.4 is 5.32 Å². The molecule has 0 spiro atoms. The van der Waals surface area contributed by atoms with Gasteiger partial charge in [0.05, 0.1) is 12.3 Å². The van der Waals surface area contributed by atoms with E-state index in [9.17, 15) is 0 Å². The van der Waals surface area contributed by atoms with Crippen LogP contribution in [-0.2, 0) is 4.74 Å². The molecule has 102 valence electrons. The number of benzene rings is 1. The van der Waals surface area contributed by atoms with E-state index in [4.69, 9.17) is 4.74 Å². The fourth-order valence-electron chi connectivity index (χ4n) is 2.02. The van der Waals surface area contributed by atoms with Crippen LogP contribution in [0.15, 0.2) is 36.5 Å². The van der Waals surface area contributed by atoms with Gasteiger partial charge in [-0.1, -0.05) is 25.1 Å². The molecule has 0 fully saturated rings. The molecule has 2 rings (SSSR count). The van der Waals surface area contributed by atoms with E-state index in [-0.39, 0.29) is 0 Å². The van der Waals surface area contributed by atoms with Gasteiger partial charge in [-0.15, -0.1) is 0 Å². The van der Waals surface area contributed by atoms with E-state index < -0.39 is 0 Å². The van der Waals surface area contributed by atoms with Crippen molar-refractivity contribution in [3.05, 3.63) is 42.2 Å². The Labute approximate surface area is 114 Å². The number of hydrogen-bond acceptors (Lipinski definition) is 3. The monoisotopic (exact) mass is 259 g/mol. The highest BCUT2D eigenvalue weighted by Gasteiger charge is 2.08. The number of aromatic nitrogens is 2. The fraction of sp³-hybridized carbons (Fsp3) is 0.400. The second-order valence-corrected chi connectivity index (χ2v) is 4.85. The third kappa shape index (κ3) is 3.58. The van der Waals surface area contributed by atoms with Crippen LogP contribution in [0.25, 0.3) is 5.69 Å². The van der Waals surface area contributed by atoms with Gasteiger partial charge in [0, 0.05) is 25.5 Å². The van der Waals surface area contributed by atoms with Crippen LogP contribution in [-0.4, -0.2) is 29.8 Å². The van der Waals surface area contributed by atoms with E-state index in [2.05, 4.69) is 33.9 Å². The number of rotatable bonds is 6. The number of para-hydroxylation sites is 1. The highest BCUT2D eigenvalue weighted by molar-refractivity contribution is 5.42. The summed E-state index contributed by atoms with van der Waals surface area (Å²) in [6.07, 6.45) is 2.04. The molecule has 0 saturated carbocycles. The van der Waals surface area contributed by atoms with Gasteiger partial charge in [-0.3, -0.25) is 4.57 Å². The fourth-order valence-corrected chi connectivity index (χ4v) is 2.02. The molecule has 1 aromatic heterocycles. The average molecular weight is 259 g/mol. The van der Waals surface area contributed by atoms with Crippen molar-refractivity contribution in [1.29, 1.82) is 0 Å². The Bertz CT molecular complexity index is 507. The van der Waals surface area contributed by atoms with Crippen LogP contribution >= 0.6 is 0 Å². The van der Waals surface area contributed by atoms with E-state index in [1.807, 2.05) is 31.3 Å². The predicted molar refractivity (Wildman–Crippen MR) is 77.8 cm³/mol. The molecule has 0 amide bonds. The van der Waals surface area contributed by atoms with E-state index in [1.54, 1.807) is 7.11 Å². The van der Waals surface area contributed by atoms with Gasteiger partial charge in [-0.05, 0) is 25.0 Å². The van der Waals surface area contributed by atoms with E-state index in [1.165, 1.54) is 0 Å². The summed E-state index contributed by atoms with van der Waals surface area (Å²) in [7, 11) is 1.73. The minimum absolute atomic E-state index is 0.450. The van der Waals surface area contributed by atoms with Crippen molar-refractivity contribution >= 4 is 5.95 Å². The normalized spacial score (nSPS) is 12.4. The van der Waals surface area contributed by atoms with Crippen LogP contribution in [0.4, 0.5) is 5.95 Å². The molecule has 1 aromatic carbocycles. The third-order valence-electron chi connectivity index (χ3n) is 2.92. The van der Waals surface area contributed by atoms with Crippen LogP contribution in [0, 0.1) is 12.8 Å². The number of anilines is 1. The Morgan fingerprint density at radius 1 is 1.32 bits per heavy atom. The van der Waals surface area contributed by atoms with Gasteiger partial charge >= 0.3 is 0 Å². The van der Waals surface area contributed by atoms with Crippen molar-refractivity contribution in [2.75, 3.05) is 25.6 Å². The molecule has 0 aliphatic carbocycles. The maximum Gasteiger partial charge on any atom is 0.207 e. The van der Waals surface area contributed by atoms with E-state index in [0.717, 1.165) is 30.5 Å². The summed E-state index contributed by atoms with van der Waals surface area (Å²) in [5.74, 6) is 1.33. The van der Waals surface area contributed by atoms with Gasteiger partial charge in [0.1, 0.15) is 0 Å². The molecule has 1 N–H and O–H groups in total. The molecule has 0 saturated heterocycles. The molecular formula is C15H21N3O. The molecule has 1 unspecified atom stereocenters. The molecule has 0 bridgehead atoms. The van der Waals surface area contributed by atoms with Crippen LogP contribution in [0.3, 0.4) is 0 Å². The summed E-state index contributed by atoms with van der Waals surface area (Å²) < 4.78 is 7.22. The maximum atomic E-state index is 5.14. The second-order valence-electron chi connectivity index (χ2n) is 4.85. The number of nitrogens with one attached hydrogen (secondary N) is 1. The smallest absolute Gasteiger partial charge is 0.207 e. The first kappa shape index (κ1) is 13.6. The summed E-state index contributed by atoms with van der Waals surface area (Å²) in [6.45, 7) is 5.75. The lowest BCUT2D eigenvalue weighted by Gasteiger charge is -2.13. The van der Waals surface area contributed by atoms with E-state index >= 15 is 0 Å². The summed E-state index contributed by atoms with van der Waals surface area (Å²) in [6, 6.07) is 10.2. The Morgan fingerprint density at radius 2 is 2.05 bits per heavy atom. The highest BCUT2D eigenvalue weighted by Crippen LogP contribution is 2.16. The molecule has 2 aromatic rings. The topological polar surface area (TPSA) is 39.1 Å². The van der Waals surface area contributed by atoms with Gasteiger partial charge in [0.2, 0.25) is 5.95 Å². The summed E-state index contributed by atoms with van der Waals surface area (Å²) >= 11 is 0. The van der Waals surface area contributed by atoms with Crippen LogP contribution in [0.5, 0.6) is 0 Å². The number of methoxy groups -OCH3 is 1. The van der Waals surface area contributed by atoms with Gasteiger partial charge in [0.25, 0.3) is 0 Å². The van der Waals surface area contributed by atoms with Gasteiger partial charge in [-0.2, -0.15) is 0 Å². The zero-order valence-corrected chi connectivity index (χ0v) is 11.8. The average Bonchev–Trinajstić information content (AvgIpc) is 2.79. The summed E-state index contributed by atoms with van der Waals surface area (Å²) in [4.78, 5) is 4.53. The van der Waals surface area contributed by atoms with Crippen molar-refractivity contribution in [1.82, 2.24) is 9.55 Å². The van der Waals surface area contributed by atoms with E-state index in [0.29, 0.717) is 5.92 Å². The van der Waals surface area contributed by atoms with Crippen molar-refractivity contribution in [3.8, 4) is 5.69 Å². The van der Waals surface area contributed by atoms with Crippen molar-refractivity contribution in [2.45, 2.75) is 13.8 Å². The molecule has 1 heterocycles. The number of ether oxygens (including phenoxy) is 1. The Hall–Kier alpha value is -1.81. The Morgan fingerprint density at radius 3 is 2.74 bits per heavy atom. The Kier molecular flexibility index (Phi) is 4.58. The molecule has 4 nitrogen and oxygen atoms in total. The number of imidazole rings is 1. The minimum atomic E-state index is 0.450. The Balaban J connectivity index is 2.13. The molecule has 19 heavy (non-hydrogen) atoms. The number of nitrogens with zero attached hydrogens (tertiary/aromatic N) is 2. The first-order chi connectivity index (χ1) is 9.20. The lowest BCUT2D eigenvalue weighted by Crippen LogP contribution is -2.17. The molecule has 0 aliphatic rings. The maximum absolute atomic E-state index is 5.14. The third-order valence-corrected chi connectivity index (χ3v) is 2.92. The zero-order valence-electron chi connectivity index (χ0n) is 11.8. The minimum Gasteiger partial charge on any atom is -0.384 e. The molecule has 0 aliphatic heterocycles. The number of hydrogen-bond donors (Lipinski definition) is 1. The first-order valence-electron chi connectivity index (χ1n) is 6.55. The molecule has 1 atom stereocenters. The van der Waals surface area contributed by atoms with Gasteiger partial charge in [-0.25, -0.2) is 4.98 Å². The largest absolute Gasteiger partial charge is 0.384 e. The quantitative estimate of drug-likeness (QED) is 0.867. The lowest BCUT2D eigenvalue weighted by atomic mass is 10.2. The molecular weight excluding hydrogens is 238 g/mol. The first-order valence-corrected chi connectivity index (χ1v) is 6.55. The SMILES string of the molecule is COCC(C)CNc1nc(C)cn1-c1ccccc1. The van der Waals surface area contributed by atoms with Crippen LogP contribution in [0.2, 0.25) is 0 Å². The van der Waals surface area contributed by atoms with Crippen molar-refractivity contribution in [2.24, 2.45) is 5.92 Å².